The molecule has 0 fully saturated rings. The first-order valence-corrected chi connectivity index (χ1v) is 8.37. The van der Waals surface area contributed by atoms with Gasteiger partial charge in [0.05, 0.1) is 4.83 Å². The molecular weight excluding hydrogens is 332 g/mol. The Hall–Kier alpha value is -1.14. The van der Waals surface area contributed by atoms with Crippen LogP contribution in [0.3, 0.4) is 0 Å². The van der Waals surface area contributed by atoms with Gasteiger partial charge in [0.2, 0.25) is 0 Å². The van der Waals surface area contributed by atoms with Crippen molar-refractivity contribution in [3.63, 3.8) is 0 Å². The molecule has 0 bridgehead atoms. The molecule has 2 atom stereocenters. The predicted octanol–water partition coefficient (Wildman–Crippen LogP) is 2.72. The lowest BCUT2D eigenvalue weighted by molar-refractivity contribution is 0.114. The normalized spacial score (nSPS) is 23.0. The number of pyridine rings is 1. The number of rotatable bonds is 6. The van der Waals surface area contributed by atoms with Gasteiger partial charge in [-0.1, -0.05) is 34.9 Å². The molecule has 0 saturated carbocycles. The number of fused-ring (bicyclic) bond motifs is 1. The summed E-state index contributed by atoms with van der Waals surface area (Å²) in [5.41, 5.74) is 1.91. The third kappa shape index (κ3) is 3.95. The summed E-state index contributed by atoms with van der Waals surface area (Å²) in [6.45, 7) is 9.96. The fourth-order valence-corrected chi connectivity index (χ4v) is 2.79. The fraction of sp³-hybridized carbons (Fsp3) is 0.600. The number of nitrogens with one attached hydrogen (secondary N) is 1. The summed E-state index contributed by atoms with van der Waals surface area (Å²) in [7, 11) is 0. The third-order valence-electron chi connectivity index (χ3n) is 3.70. The third-order valence-corrected chi connectivity index (χ3v) is 4.93. The molecule has 6 heteroatoms. The van der Waals surface area contributed by atoms with E-state index in [2.05, 4.69) is 57.1 Å². The lowest BCUT2D eigenvalue weighted by Crippen LogP contribution is -2.39. The van der Waals surface area contributed by atoms with Gasteiger partial charge in [-0.2, -0.15) is 0 Å². The van der Waals surface area contributed by atoms with Gasteiger partial charge in [0, 0.05) is 24.3 Å². The Kier molecular flexibility index (Phi) is 5.99. The number of hydrogen-bond acceptors (Lipinski definition) is 5. The second-order valence-electron chi connectivity index (χ2n) is 5.07. The lowest BCUT2D eigenvalue weighted by atomic mass is 10.00. The molecule has 21 heavy (non-hydrogen) atoms. The van der Waals surface area contributed by atoms with E-state index in [-0.39, 0.29) is 10.9 Å². The van der Waals surface area contributed by atoms with Crippen LogP contribution in [0.25, 0.3) is 0 Å². The Balaban J connectivity index is 2.05. The molecule has 1 aromatic rings. The first-order valence-electron chi connectivity index (χ1n) is 7.45. The number of oxime groups is 1. The minimum atomic E-state index is 0.114. The van der Waals surface area contributed by atoms with Gasteiger partial charge in [-0.25, -0.2) is 4.98 Å². The second kappa shape index (κ2) is 7.75. The van der Waals surface area contributed by atoms with Gasteiger partial charge in [0.15, 0.2) is 0 Å². The monoisotopic (exact) mass is 354 g/mol. The van der Waals surface area contributed by atoms with E-state index in [1.165, 1.54) is 0 Å². The molecule has 1 aliphatic rings. The van der Waals surface area contributed by atoms with Crippen LogP contribution in [-0.4, -0.2) is 52.7 Å². The van der Waals surface area contributed by atoms with Gasteiger partial charge >= 0.3 is 0 Å². The zero-order valence-electron chi connectivity index (χ0n) is 12.8. The van der Waals surface area contributed by atoms with Crippen LogP contribution in [0.5, 0.6) is 0 Å². The zero-order valence-corrected chi connectivity index (χ0v) is 14.4. The summed E-state index contributed by atoms with van der Waals surface area (Å²) < 4.78 is 0. The summed E-state index contributed by atoms with van der Waals surface area (Å²) in [6.07, 6.45) is 1.78. The van der Waals surface area contributed by atoms with Crippen LogP contribution < -0.4 is 5.32 Å². The molecule has 1 aromatic heterocycles. The van der Waals surface area contributed by atoms with Crippen LogP contribution in [0.4, 0.5) is 5.82 Å². The number of halogens is 1. The van der Waals surface area contributed by atoms with Gasteiger partial charge in [-0.15, -0.1) is 0 Å². The molecule has 0 spiro atoms. The summed E-state index contributed by atoms with van der Waals surface area (Å²) >= 11 is 3.69. The molecule has 0 aromatic carbocycles. The smallest absolute Gasteiger partial charge is 0.135 e. The van der Waals surface area contributed by atoms with Gasteiger partial charge < -0.3 is 15.1 Å². The van der Waals surface area contributed by atoms with Gasteiger partial charge in [0.1, 0.15) is 18.1 Å². The molecule has 1 aliphatic heterocycles. The maximum absolute atomic E-state index is 5.54. The van der Waals surface area contributed by atoms with Gasteiger partial charge in [0.25, 0.3) is 0 Å². The Labute approximate surface area is 134 Å². The van der Waals surface area contributed by atoms with Crippen LogP contribution in [0, 0.1) is 0 Å². The molecule has 0 aliphatic carbocycles. The second-order valence-corrected chi connectivity index (χ2v) is 6.06. The average molecular weight is 355 g/mol. The molecule has 2 rings (SSSR count). The van der Waals surface area contributed by atoms with Crippen LogP contribution in [0.1, 0.15) is 26.3 Å². The van der Waals surface area contributed by atoms with Crippen molar-refractivity contribution in [1.82, 2.24) is 9.88 Å². The Bertz CT molecular complexity index is 490. The molecule has 0 amide bonds. The summed E-state index contributed by atoms with van der Waals surface area (Å²) in [5, 5.41) is 7.72. The highest BCUT2D eigenvalue weighted by molar-refractivity contribution is 9.10. The van der Waals surface area contributed by atoms with E-state index in [9.17, 15) is 0 Å². The van der Waals surface area contributed by atoms with Crippen molar-refractivity contribution < 1.29 is 4.84 Å². The molecule has 0 saturated heterocycles. The van der Waals surface area contributed by atoms with Crippen LogP contribution >= 0.6 is 15.9 Å². The number of nitrogens with zero attached hydrogens (tertiary/aromatic N) is 3. The number of alkyl halides is 1. The van der Waals surface area contributed by atoms with Crippen molar-refractivity contribution in [3.8, 4) is 0 Å². The van der Waals surface area contributed by atoms with Crippen molar-refractivity contribution in [2.45, 2.75) is 31.6 Å². The van der Waals surface area contributed by atoms with E-state index in [4.69, 9.17) is 4.84 Å². The minimum absolute atomic E-state index is 0.114. The van der Waals surface area contributed by atoms with Gasteiger partial charge in [-0.05, 0) is 32.1 Å². The summed E-state index contributed by atoms with van der Waals surface area (Å²) in [6, 6.07) is 4.15. The highest BCUT2D eigenvalue weighted by atomic mass is 79.9. The van der Waals surface area contributed by atoms with E-state index in [0.29, 0.717) is 6.61 Å². The van der Waals surface area contributed by atoms with Crippen molar-refractivity contribution in [1.29, 1.82) is 0 Å². The highest BCUT2D eigenvalue weighted by Crippen LogP contribution is 2.27. The molecule has 2 unspecified atom stereocenters. The SMILES string of the molecule is CCN(CC)CCO/N=C1\c2cccnc2NC(C)C1Br. The highest BCUT2D eigenvalue weighted by Gasteiger charge is 2.30. The molecule has 5 nitrogen and oxygen atoms in total. The maximum Gasteiger partial charge on any atom is 0.135 e. The standard InChI is InChI=1S/C15H23BrN4O/c1-4-20(5-2)9-10-21-19-14-12-7-6-8-17-15(12)18-11(3)13(14)16/h6-8,11,13H,4-5,9-10H2,1-3H3,(H,17,18)/b19-14+. The van der Waals surface area contributed by atoms with Crippen LogP contribution in [0.15, 0.2) is 23.5 Å². The number of hydrogen-bond donors (Lipinski definition) is 1. The van der Waals surface area contributed by atoms with Crippen LogP contribution in [0.2, 0.25) is 0 Å². The van der Waals surface area contributed by atoms with E-state index >= 15 is 0 Å². The van der Waals surface area contributed by atoms with Crippen LogP contribution in [-0.2, 0) is 4.84 Å². The molecule has 0 radical (unpaired) electrons. The van der Waals surface area contributed by atoms with E-state index in [1.807, 2.05) is 12.1 Å². The first-order chi connectivity index (χ1) is 10.2. The number of likely N-dealkylation sites (N-methyl/N-ethyl adjacent to an activating group) is 1. The topological polar surface area (TPSA) is 49.8 Å². The maximum atomic E-state index is 5.54. The average Bonchev–Trinajstić information content (AvgIpc) is 2.51. The largest absolute Gasteiger partial charge is 0.394 e. The molecule has 1 N–H and O–H groups in total. The summed E-state index contributed by atoms with van der Waals surface area (Å²) in [5.74, 6) is 0.867. The molecule has 116 valence electrons. The number of anilines is 1. The predicted molar refractivity (Wildman–Crippen MR) is 90.3 cm³/mol. The Morgan fingerprint density at radius 1 is 1.43 bits per heavy atom. The van der Waals surface area contributed by atoms with Gasteiger partial charge in [-0.3, -0.25) is 0 Å². The number of aromatic nitrogens is 1. The van der Waals surface area contributed by atoms with E-state index in [1.54, 1.807) is 6.20 Å². The first kappa shape index (κ1) is 16.2. The van der Waals surface area contributed by atoms with Crippen molar-refractivity contribution in [3.05, 3.63) is 23.9 Å². The lowest BCUT2D eigenvalue weighted by Gasteiger charge is -2.28. The van der Waals surface area contributed by atoms with E-state index < -0.39 is 0 Å². The van der Waals surface area contributed by atoms with E-state index in [0.717, 1.165) is 36.7 Å². The molecular formula is C15H23BrN4O. The quantitative estimate of drug-likeness (QED) is 0.484. The van der Waals surface area contributed by atoms with Crippen molar-refractivity contribution >= 4 is 27.5 Å². The molecule has 2 heterocycles. The zero-order chi connectivity index (χ0) is 15.2. The Morgan fingerprint density at radius 2 is 2.19 bits per heavy atom. The minimum Gasteiger partial charge on any atom is -0.394 e. The van der Waals surface area contributed by atoms with Crippen molar-refractivity contribution in [2.24, 2.45) is 5.16 Å². The Morgan fingerprint density at radius 3 is 2.90 bits per heavy atom. The summed E-state index contributed by atoms with van der Waals surface area (Å²) in [4.78, 5) is 12.3. The fourth-order valence-electron chi connectivity index (χ4n) is 2.33. The van der Waals surface area contributed by atoms with Crippen molar-refractivity contribution in [2.75, 3.05) is 31.6 Å².